The number of fused-ring (bicyclic) bond motifs is 8. The molecule has 0 saturated heterocycles. The fourth-order valence-electron chi connectivity index (χ4n) is 6.85. The van der Waals surface area contributed by atoms with Crippen molar-refractivity contribution in [1.82, 2.24) is 19.9 Å². The van der Waals surface area contributed by atoms with Gasteiger partial charge in [0.1, 0.15) is 0 Å². The van der Waals surface area contributed by atoms with E-state index in [0.29, 0.717) is 0 Å². The minimum Gasteiger partial charge on any atom is -0.657 e. The minimum absolute atomic E-state index is 0. The average Bonchev–Trinajstić information content (AvgIpc) is 4.03. The second-order valence-corrected chi connectivity index (χ2v) is 12.9. The molecule has 53 heavy (non-hydrogen) atoms. The van der Waals surface area contributed by atoms with Gasteiger partial charge >= 0.3 is 19.5 Å². The third-order valence-corrected chi connectivity index (χ3v) is 9.64. The first-order valence-electron chi connectivity index (χ1n) is 17.3. The zero-order valence-electron chi connectivity index (χ0n) is 29.6. The molecule has 0 saturated carbocycles. The quantitative estimate of drug-likeness (QED) is 0.159. The van der Waals surface area contributed by atoms with E-state index in [-0.39, 0.29) is 19.5 Å². The first kappa shape index (κ1) is 33.8. The number of aromatic nitrogens is 4. The van der Waals surface area contributed by atoms with Crippen LogP contribution in [0.4, 0.5) is 22.7 Å². The monoisotopic (exact) mass is 734 g/mol. The molecule has 0 spiro atoms. The predicted octanol–water partition coefficient (Wildman–Crippen LogP) is 10.8. The van der Waals surface area contributed by atoms with E-state index in [2.05, 4.69) is 145 Å². The molecule has 0 fully saturated rings. The van der Waals surface area contributed by atoms with E-state index in [1.54, 1.807) is 0 Å². The summed E-state index contributed by atoms with van der Waals surface area (Å²) in [5.74, 6) is 0. The zero-order chi connectivity index (χ0) is 35.0. The summed E-state index contributed by atoms with van der Waals surface area (Å²) in [5.41, 5.74) is 15.3. The van der Waals surface area contributed by atoms with E-state index in [1.165, 1.54) is 0 Å². The first-order chi connectivity index (χ1) is 25.6. The fourth-order valence-corrected chi connectivity index (χ4v) is 6.85. The van der Waals surface area contributed by atoms with Crippen molar-refractivity contribution in [2.24, 2.45) is 0 Å². The van der Waals surface area contributed by atoms with E-state index >= 15 is 0 Å². The molecule has 2 aliphatic heterocycles. The van der Waals surface area contributed by atoms with Crippen LogP contribution in [-0.4, -0.2) is 24.1 Å². The molecule has 4 aromatic carbocycles. The van der Waals surface area contributed by atoms with Gasteiger partial charge in [-0.1, -0.05) is 97.1 Å². The smallest absolute Gasteiger partial charge is 0.657 e. The summed E-state index contributed by atoms with van der Waals surface area (Å²) < 4.78 is 0. The van der Waals surface area contributed by atoms with Gasteiger partial charge in [-0.3, -0.25) is 0 Å². The molecule has 3 aromatic heterocycles. The number of hydrogen-bond acceptors (Lipinski definition) is 4. The second-order valence-electron chi connectivity index (χ2n) is 12.9. The predicted molar refractivity (Wildman–Crippen MR) is 217 cm³/mol. The van der Waals surface area contributed by atoms with E-state index < -0.39 is 0 Å². The van der Waals surface area contributed by atoms with Gasteiger partial charge in [-0.05, 0) is 95.1 Å². The molecule has 5 heterocycles. The van der Waals surface area contributed by atoms with Gasteiger partial charge < -0.3 is 19.8 Å². The van der Waals surface area contributed by atoms with Gasteiger partial charge in [0, 0.05) is 36.8 Å². The summed E-state index contributed by atoms with van der Waals surface area (Å²) in [6.07, 6.45) is 8.24. The van der Waals surface area contributed by atoms with Crippen molar-refractivity contribution < 1.29 is 19.5 Å². The zero-order valence-corrected chi connectivity index (χ0v) is 32.5. The van der Waals surface area contributed by atoms with Crippen LogP contribution in [0.15, 0.2) is 146 Å². The summed E-state index contributed by atoms with van der Waals surface area (Å²) >= 11 is 0. The van der Waals surface area contributed by atoms with E-state index in [0.717, 1.165) is 89.8 Å². The SMILES string of the molecule is CN(c1ccccc1)c1ccc(-c2c3nc(cc4ccc([n-]4)c(-c4ccc(N(C)c5ccccc5)cc4)c4nc(cc5ccc2[n-]5)C=C4)C=C3)cc1.[Zn+2]. The Labute approximate surface area is 321 Å². The molecule has 9 rings (SSSR count). The number of benzene rings is 4. The van der Waals surface area contributed by atoms with Crippen LogP contribution in [0.25, 0.3) is 68.6 Å². The first-order valence-corrected chi connectivity index (χ1v) is 17.3. The number of anilines is 4. The molecule has 8 bridgehead atoms. The molecule has 7 aromatic rings. The third-order valence-electron chi connectivity index (χ3n) is 9.64. The maximum atomic E-state index is 5.09. The summed E-state index contributed by atoms with van der Waals surface area (Å²) in [6, 6.07) is 50.2. The Morgan fingerprint density at radius 1 is 0.415 bits per heavy atom. The summed E-state index contributed by atoms with van der Waals surface area (Å²) in [4.78, 5) is 24.7. The van der Waals surface area contributed by atoms with Crippen LogP contribution in [0.5, 0.6) is 0 Å². The molecule has 0 aliphatic carbocycles. The number of hydrogen-bond donors (Lipinski definition) is 0. The van der Waals surface area contributed by atoms with Crippen molar-refractivity contribution in [2.75, 3.05) is 23.9 Å². The Bertz CT molecular complexity index is 2450. The summed E-state index contributed by atoms with van der Waals surface area (Å²) in [5, 5.41) is 0. The summed E-state index contributed by atoms with van der Waals surface area (Å²) in [6.45, 7) is 0. The van der Waals surface area contributed by atoms with Gasteiger partial charge in [0.15, 0.2) is 0 Å². The van der Waals surface area contributed by atoms with E-state index in [9.17, 15) is 0 Å². The summed E-state index contributed by atoms with van der Waals surface area (Å²) in [7, 11) is 4.17. The van der Waals surface area contributed by atoms with Crippen molar-refractivity contribution in [3.63, 3.8) is 0 Å². The van der Waals surface area contributed by atoms with Crippen molar-refractivity contribution >= 4 is 69.1 Å². The van der Waals surface area contributed by atoms with E-state index in [4.69, 9.17) is 19.9 Å². The molecule has 7 heteroatoms. The Balaban J connectivity index is 0.00000400. The van der Waals surface area contributed by atoms with Crippen LogP contribution in [0.1, 0.15) is 22.8 Å². The number of nitrogens with zero attached hydrogens (tertiary/aromatic N) is 6. The minimum atomic E-state index is 0. The van der Waals surface area contributed by atoms with Crippen LogP contribution >= 0.6 is 0 Å². The van der Waals surface area contributed by atoms with Crippen LogP contribution in [0.3, 0.4) is 0 Å². The fraction of sp³-hybridized carbons (Fsp3) is 0.0435. The van der Waals surface area contributed by atoms with Crippen molar-refractivity contribution in [2.45, 2.75) is 0 Å². The molecule has 6 nitrogen and oxygen atoms in total. The Kier molecular flexibility index (Phi) is 9.18. The van der Waals surface area contributed by atoms with Crippen LogP contribution in [0.2, 0.25) is 0 Å². The topological polar surface area (TPSA) is 60.5 Å². The molecular weight excluding hydrogens is 702 g/mol. The van der Waals surface area contributed by atoms with Crippen molar-refractivity contribution in [3.05, 3.63) is 168 Å². The molecule has 0 atom stereocenters. The molecule has 0 radical (unpaired) electrons. The van der Waals surface area contributed by atoms with Crippen molar-refractivity contribution in [1.29, 1.82) is 0 Å². The van der Waals surface area contributed by atoms with Crippen LogP contribution in [0, 0.1) is 0 Å². The molecular formula is C46H34N6Zn. The molecule has 0 amide bonds. The number of para-hydroxylation sites is 2. The third kappa shape index (κ3) is 6.75. The maximum absolute atomic E-state index is 5.09. The molecule has 0 unspecified atom stereocenters. The molecule has 0 N–H and O–H groups in total. The Hall–Kier alpha value is -6.30. The molecule has 250 valence electrons. The maximum Gasteiger partial charge on any atom is 2.00 e. The largest absolute Gasteiger partial charge is 2.00 e. The van der Waals surface area contributed by atoms with Gasteiger partial charge in [0.2, 0.25) is 0 Å². The van der Waals surface area contributed by atoms with Crippen LogP contribution < -0.4 is 19.8 Å². The Morgan fingerprint density at radius 3 is 1.19 bits per heavy atom. The number of rotatable bonds is 6. The van der Waals surface area contributed by atoms with E-state index in [1.807, 2.05) is 48.6 Å². The normalized spacial score (nSPS) is 11.7. The van der Waals surface area contributed by atoms with Crippen molar-refractivity contribution in [3.8, 4) is 22.3 Å². The molecule has 2 aliphatic rings. The standard InChI is InChI=1S/C46H34N6.Zn/c1-51(37-9-5-3-6-10-37)39-21-13-31(14-22-39)45-41-25-17-33(47-41)29-35-19-27-43(49-35)46(44-28-20-36(50-44)30-34-18-26-42(45)48-34)32-15-23-40(24-16-32)52(2)38-11-7-4-8-12-38;/h3-30H,1-2H3;/q-2;+2. The van der Waals surface area contributed by atoms with Crippen LogP contribution in [-0.2, 0) is 19.5 Å². The van der Waals surface area contributed by atoms with Gasteiger partial charge in [-0.25, -0.2) is 9.97 Å². The van der Waals surface area contributed by atoms with Gasteiger partial charge in [-0.15, -0.1) is 22.1 Å². The Morgan fingerprint density at radius 2 is 0.792 bits per heavy atom. The van der Waals surface area contributed by atoms with Gasteiger partial charge in [-0.2, -0.15) is 0 Å². The average molecular weight is 736 g/mol. The van der Waals surface area contributed by atoms with Gasteiger partial charge in [0.05, 0.1) is 22.8 Å². The second kappa shape index (κ2) is 14.4. The van der Waals surface area contributed by atoms with Gasteiger partial charge in [0.25, 0.3) is 0 Å².